The van der Waals surface area contributed by atoms with Crippen molar-refractivity contribution in [2.45, 2.75) is 26.2 Å². The average Bonchev–Trinajstić information content (AvgIpc) is 3.04. The first kappa shape index (κ1) is 16.3. The van der Waals surface area contributed by atoms with Gasteiger partial charge < -0.3 is 4.90 Å². The summed E-state index contributed by atoms with van der Waals surface area (Å²) in [5.41, 5.74) is 6.52. The maximum atomic E-state index is 2.32. The van der Waals surface area contributed by atoms with Crippen molar-refractivity contribution >= 4 is 5.57 Å². The summed E-state index contributed by atoms with van der Waals surface area (Å²) in [6.45, 7) is 2.21. The lowest BCUT2D eigenvalue weighted by Crippen LogP contribution is -2.17. The standard InChI is InChI=1S/C23H25N/c1-3-19-12-11-13-20(18-19)22-16-9-6-10-17-23(22)24(2)21-14-7-4-5-8-15-21/h4-5,7-14,16-18H,3,6,15H2,1-2H3. The molecule has 0 saturated carbocycles. The van der Waals surface area contributed by atoms with Crippen LogP contribution in [-0.4, -0.2) is 11.9 Å². The van der Waals surface area contributed by atoms with Gasteiger partial charge in [0.2, 0.25) is 0 Å². The van der Waals surface area contributed by atoms with Gasteiger partial charge in [-0.25, -0.2) is 0 Å². The highest BCUT2D eigenvalue weighted by molar-refractivity contribution is 5.79. The smallest absolute Gasteiger partial charge is 0.0482 e. The van der Waals surface area contributed by atoms with Gasteiger partial charge in [0.25, 0.3) is 0 Å². The lowest BCUT2D eigenvalue weighted by molar-refractivity contribution is 0.527. The second-order valence-corrected chi connectivity index (χ2v) is 6.13. The molecule has 0 radical (unpaired) electrons. The fourth-order valence-corrected chi connectivity index (χ4v) is 3.08. The SMILES string of the molecule is CCc1cccc(C2=C(N(C)C3=CC=CC=CC3)C=CCC=C2)c1. The first-order valence-corrected chi connectivity index (χ1v) is 8.72. The molecule has 2 aliphatic carbocycles. The van der Waals surface area contributed by atoms with Crippen LogP contribution in [0.25, 0.3) is 5.57 Å². The third-order valence-corrected chi connectivity index (χ3v) is 4.52. The highest BCUT2D eigenvalue weighted by Crippen LogP contribution is 2.29. The summed E-state index contributed by atoms with van der Waals surface area (Å²) in [5, 5.41) is 0. The predicted octanol–water partition coefficient (Wildman–Crippen LogP) is 5.81. The molecule has 1 aromatic rings. The van der Waals surface area contributed by atoms with Crippen LogP contribution in [0.3, 0.4) is 0 Å². The zero-order chi connectivity index (χ0) is 16.8. The summed E-state index contributed by atoms with van der Waals surface area (Å²) in [6.07, 6.45) is 22.7. The molecule has 0 fully saturated rings. The summed E-state index contributed by atoms with van der Waals surface area (Å²) in [4.78, 5) is 2.32. The Morgan fingerprint density at radius 2 is 1.88 bits per heavy atom. The van der Waals surface area contributed by atoms with E-state index in [-0.39, 0.29) is 0 Å². The Hall–Kier alpha value is -2.54. The summed E-state index contributed by atoms with van der Waals surface area (Å²) in [7, 11) is 2.17. The molecule has 0 aromatic heterocycles. The fourth-order valence-electron chi connectivity index (χ4n) is 3.08. The monoisotopic (exact) mass is 315 g/mol. The van der Waals surface area contributed by atoms with E-state index in [4.69, 9.17) is 0 Å². The largest absolute Gasteiger partial charge is 0.347 e. The van der Waals surface area contributed by atoms with E-state index in [1.807, 2.05) is 0 Å². The minimum absolute atomic E-state index is 0.951. The van der Waals surface area contributed by atoms with Crippen LogP contribution >= 0.6 is 0 Å². The number of rotatable bonds is 4. The third-order valence-electron chi connectivity index (χ3n) is 4.52. The van der Waals surface area contributed by atoms with Crippen molar-refractivity contribution in [2.75, 3.05) is 7.05 Å². The molecular weight excluding hydrogens is 290 g/mol. The summed E-state index contributed by atoms with van der Waals surface area (Å²) >= 11 is 0. The Morgan fingerprint density at radius 1 is 1.00 bits per heavy atom. The molecule has 3 rings (SSSR count). The van der Waals surface area contributed by atoms with Gasteiger partial charge in [0, 0.05) is 30.4 Å². The van der Waals surface area contributed by atoms with E-state index < -0.39 is 0 Å². The first-order valence-electron chi connectivity index (χ1n) is 8.72. The van der Waals surface area contributed by atoms with Gasteiger partial charge in [-0.15, -0.1) is 0 Å². The van der Waals surface area contributed by atoms with E-state index >= 15 is 0 Å². The molecule has 1 heteroatoms. The van der Waals surface area contributed by atoms with Gasteiger partial charge >= 0.3 is 0 Å². The molecule has 122 valence electrons. The van der Waals surface area contributed by atoms with Crippen molar-refractivity contribution in [1.29, 1.82) is 0 Å². The Balaban J connectivity index is 2.06. The molecule has 0 atom stereocenters. The van der Waals surface area contributed by atoms with Gasteiger partial charge in [0.15, 0.2) is 0 Å². The van der Waals surface area contributed by atoms with Crippen LogP contribution in [0, 0.1) is 0 Å². The Bertz CT molecular complexity index is 769. The molecule has 0 N–H and O–H groups in total. The lowest BCUT2D eigenvalue weighted by Gasteiger charge is -2.25. The molecular formula is C23H25N. The molecule has 2 aliphatic rings. The fraction of sp³-hybridized carbons (Fsp3) is 0.217. The molecule has 0 bridgehead atoms. The molecule has 1 aromatic carbocycles. The van der Waals surface area contributed by atoms with Crippen LogP contribution in [0.2, 0.25) is 0 Å². The van der Waals surface area contributed by atoms with E-state index in [2.05, 4.69) is 97.8 Å². The number of nitrogens with zero attached hydrogens (tertiary/aromatic N) is 1. The quantitative estimate of drug-likeness (QED) is 0.678. The van der Waals surface area contributed by atoms with Gasteiger partial charge in [0.05, 0.1) is 0 Å². The van der Waals surface area contributed by atoms with Gasteiger partial charge in [-0.2, -0.15) is 0 Å². The predicted molar refractivity (Wildman–Crippen MR) is 104 cm³/mol. The number of aryl methyl sites for hydroxylation is 1. The van der Waals surface area contributed by atoms with Crippen LogP contribution in [0.5, 0.6) is 0 Å². The number of hydrogen-bond donors (Lipinski definition) is 0. The highest BCUT2D eigenvalue weighted by atomic mass is 15.1. The molecule has 0 heterocycles. The number of allylic oxidation sites excluding steroid dienone is 10. The van der Waals surface area contributed by atoms with Crippen molar-refractivity contribution < 1.29 is 0 Å². The van der Waals surface area contributed by atoms with E-state index in [0.29, 0.717) is 0 Å². The van der Waals surface area contributed by atoms with Crippen molar-refractivity contribution in [2.24, 2.45) is 0 Å². The lowest BCUT2D eigenvalue weighted by atomic mass is 9.99. The zero-order valence-corrected chi connectivity index (χ0v) is 14.6. The Morgan fingerprint density at radius 3 is 2.75 bits per heavy atom. The Labute approximate surface area is 145 Å². The van der Waals surface area contributed by atoms with Gasteiger partial charge in [-0.1, -0.05) is 73.7 Å². The van der Waals surface area contributed by atoms with Crippen LogP contribution in [0.1, 0.15) is 30.9 Å². The van der Waals surface area contributed by atoms with Crippen LogP contribution < -0.4 is 0 Å². The topological polar surface area (TPSA) is 3.24 Å². The minimum Gasteiger partial charge on any atom is -0.347 e. The first-order chi connectivity index (χ1) is 11.8. The van der Waals surface area contributed by atoms with Crippen LogP contribution in [0.15, 0.2) is 90.3 Å². The maximum absolute atomic E-state index is 2.32. The van der Waals surface area contributed by atoms with Crippen molar-refractivity contribution in [3.63, 3.8) is 0 Å². The maximum Gasteiger partial charge on any atom is 0.0482 e. The third kappa shape index (κ3) is 3.68. The van der Waals surface area contributed by atoms with Crippen molar-refractivity contribution in [1.82, 2.24) is 4.90 Å². The molecule has 24 heavy (non-hydrogen) atoms. The molecule has 0 unspecified atom stereocenters. The molecule has 0 saturated heterocycles. The second kappa shape index (κ2) is 7.83. The van der Waals surface area contributed by atoms with Crippen molar-refractivity contribution in [3.8, 4) is 0 Å². The molecule has 0 amide bonds. The summed E-state index contributed by atoms with van der Waals surface area (Å²) < 4.78 is 0. The van der Waals surface area contributed by atoms with Crippen LogP contribution in [-0.2, 0) is 6.42 Å². The summed E-state index contributed by atoms with van der Waals surface area (Å²) in [6, 6.07) is 8.89. The zero-order valence-electron chi connectivity index (χ0n) is 14.6. The van der Waals surface area contributed by atoms with Gasteiger partial charge in [-0.3, -0.25) is 0 Å². The molecule has 1 nitrogen and oxygen atoms in total. The number of likely N-dealkylation sites (N-methyl/N-ethyl adjacent to an activating group) is 1. The molecule has 0 spiro atoms. The van der Waals surface area contributed by atoms with E-state index in [9.17, 15) is 0 Å². The molecule has 0 aliphatic heterocycles. The van der Waals surface area contributed by atoms with E-state index in [1.54, 1.807) is 0 Å². The average molecular weight is 315 g/mol. The van der Waals surface area contributed by atoms with Crippen LogP contribution in [0.4, 0.5) is 0 Å². The van der Waals surface area contributed by atoms with E-state index in [1.165, 1.54) is 28.1 Å². The normalized spacial score (nSPS) is 16.8. The summed E-state index contributed by atoms with van der Waals surface area (Å²) in [5.74, 6) is 0. The number of benzene rings is 1. The number of hydrogen-bond acceptors (Lipinski definition) is 1. The second-order valence-electron chi connectivity index (χ2n) is 6.13. The van der Waals surface area contributed by atoms with E-state index in [0.717, 1.165) is 19.3 Å². The van der Waals surface area contributed by atoms with Gasteiger partial charge in [0.1, 0.15) is 0 Å². The highest BCUT2D eigenvalue weighted by Gasteiger charge is 2.14. The van der Waals surface area contributed by atoms with Crippen molar-refractivity contribution in [3.05, 3.63) is 101 Å². The Kier molecular flexibility index (Phi) is 5.32. The minimum atomic E-state index is 0.951. The van der Waals surface area contributed by atoms with Gasteiger partial charge in [-0.05, 0) is 36.1 Å².